The normalized spacial score (nSPS) is 10.8. The van der Waals surface area contributed by atoms with Crippen LogP contribution in [0.3, 0.4) is 0 Å². The van der Waals surface area contributed by atoms with Gasteiger partial charge in [0.05, 0.1) is 12.9 Å². The fraction of sp³-hybridized carbons (Fsp3) is 0.348. The number of amides is 1. The van der Waals surface area contributed by atoms with Gasteiger partial charge in [-0.15, -0.1) is 10.2 Å². The van der Waals surface area contributed by atoms with Crippen LogP contribution in [0.5, 0.6) is 5.75 Å². The highest BCUT2D eigenvalue weighted by molar-refractivity contribution is 7.99. The van der Waals surface area contributed by atoms with E-state index in [1.165, 1.54) is 17.3 Å². The fourth-order valence-corrected chi connectivity index (χ4v) is 4.06. The van der Waals surface area contributed by atoms with Gasteiger partial charge in [0.25, 0.3) is 0 Å². The molecule has 0 aliphatic carbocycles. The lowest BCUT2D eigenvalue weighted by Gasteiger charge is -2.22. The maximum Gasteiger partial charge on any atom is 0.233 e. The molecule has 158 valence electrons. The quantitative estimate of drug-likeness (QED) is 0.476. The number of carbonyl (C=O) groups is 1. The zero-order valence-electron chi connectivity index (χ0n) is 18.0. The summed E-state index contributed by atoms with van der Waals surface area (Å²) in [6, 6.07) is 16.1. The maximum atomic E-state index is 12.9. The molecule has 30 heavy (non-hydrogen) atoms. The Labute approximate surface area is 182 Å². The molecule has 0 N–H and O–H groups in total. The lowest BCUT2D eigenvalue weighted by Crippen LogP contribution is -2.32. The Morgan fingerprint density at radius 3 is 2.40 bits per heavy atom. The van der Waals surface area contributed by atoms with Crippen LogP contribution in [0.1, 0.15) is 30.3 Å². The fourth-order valence-electron chi connectivity index (χ4n) is 3.16. The highest BCUT2D eigenvalue weighted by Crippen LogP contribution is 2.24. The van der Waals surface area contributed by atoms with E-state index in [0.717, 1.165) is 35.8 Å². The number of methoxy groups -OCH3 is 1. The van der Waals surface area contributed by atoms with Gasteiger partial charge >= 0.3 is 0 Å². The second-order valence-electron chi connectivity index (χ2n) is 7.15. The number of carbonyl (C=O) groups excluding carboxylic acids is 1. The second-order valence-corrected chi connectivity index (χ2v) is 8.10. The van der Waals surface area contributed by atoms with E-state index in [-0.39, 0.29) is 5.91 Å². The minimum absolute atomic E-state index is 0.101. The van der Waals surface area contributed by atoms with E-state index in [4.69, 9.17) is 4.74 Å². The summed E-state index contributed by atoms with van der Waals surface area (Å²) in [6.07, 6.45) is 0.920. The molecule has 0 unspecified atom stereocenters. The molecular weight excluding hydrogens is 396 g/mol. The van der Waals surface area contributed by atoms with Crippen molar-refractivity contribution in [2.24, 2.45) is 0 Å². The first-order valence-corrected chi connectivity index (χ1v) is 11.0. The maximum absolute atomic E-state index is 12.9. The van der Waals surface area contributed by atoms with E-state index < -0.39 is 0 Å². The molecule has 0 saturated heterocycles. The van der Waals surface area contributed by atoms with Gasteiger partial charge in [-0.1, -0.05) is 48.5 Å². The van der Waals surface area contributed by atoms with E-state index >= 15 is 0 Å². The lowest BCUT2D eigenvalue weighted by atomic mass is 10.1. The molecule has 1 heterocycles. The van der Waals surface area contributed by atoms with Gasteiger partial charge in [-0.2, -0.15) is 0 Å². The van der Waals surface area contributed by atoms with Gasteiger partial charge in [-0.25, -0.2) is 0 Å². The molecular formula is C23H28N4O2S. The molecule has 0 spiro atoms. The number of aromatic nitrogens is 3. The van der Waals surface area contributed by atoms with Crippen molar-refractivity contribution in [2.75, 3.05) is 19.4 Å². The summed E-state index contributed by atoms with van der Waals surface area (Å²) in [6.45, 7) is 7.42. The number of hydrogen-bond donors (Lipinski definition) is 0. The third kappa shape index (κ3) is 5.42. The standard InChI is InChI=1S/C23H28N4O2S/c1-5-14-26(15-19-8-6-17(2)7-9-19)22(28)16-30-23-25-24-18(3)27(23)20-10-12-21(29-4)13-11-20/h6-13H,5,14-16H2,1-4H3. The average Bonchev–Trinajstić information content (AvgIpc) is 3.13. The zero-order valence-corrected chi connectivity index (χ0v) is 18.8. The molecule has 1 amide bonds. The van der Waals surface area contributed by atoms with E-state index in [2.05, 4.69) is 48.3 Å². The van der Waals surface area contributed by atoms with Gasteiger partial charge in [-0.05, 0) is 50.1 Å². The number of aryl methyl sites for hydroxylation is 2. The van der Waals surface area contributed by atoms with E-state index in [1.807, 2.05) is 40.7 Å². The first-order chi connectivity index (χ1) is 14.5. The number of thioether (sulfide) groups is 1. The zero-order chi connectivity index (χ0) is 21.5. The van der Waals surface area contributed by atoms with Crippen molar-refractivity contribution in [3.05, 3.63) is 65.5 Å². The van der Waals surface area contributed by atoms with Crippen LogP contribution in [-0.4, -0.2) is 45.0 Å². The second kappa shape index (κ2) is 10.3. The van der Waals surface area contributed by atoms with Crippen LogP contribution in [0.2, 0.25) is 0 Å². The van der Waals surface area contributed by atoms with Crippen molar-refractivity contribution in [3.63, 3.8) is 0 Å². The van der Waals surface area contributed by atoms with Crippen molar-refractivity contribution in [1.29, 1.82) is 0 Å². The first-order valence-electron chi connectivity index (χ1n) is 10.0. The van der Waals surface area contributed by atoms with Gasteiger partial charge in [0.15, 0.2) is 5.16 Å². The number of hydrogen-bond acceptors (Lipinski definition) is 5. The molecule has 0 atom stereocenters. The summed E-state index contributed by atoms with van der Waals surface area (Å²) in [4.78, 5) is 14.9. The van der Waals surface area contributed by atoms with Crippen LogP contribution < -0.4 is 4.74 Å². The Balaban J connectivity index is 1.70. The minimum Gasteiger partial charge on any atom is -0.497 e. The molecule has 1 aromatic heterocycles. The molecule has 3 rings (SSSR count). The van der Waals surface area contributed by atoms with Crippen LogP contribution in [0.15, 0.2) is 53.7 Å². The van der Waals surface area contributed by atoms with Gasteiger partial charge in [0.2, 0.25) is 5.91 Å². The molecule has 3 aromatic rings. The monoisotopic (exact) mass is 424 g/mol. The molecule has 2 aromatic carbocycles. The lowest BCUT2D eigenvalue weighted by molar-refractivity contribution is -0.129. The van der Waals surface area contributed by atoms with Crippen molar-refractivity contribution < 1.29 is 9.53 Å². The summed E-state index contributed by atoms with van der Waals surface area (Å²) in [5.74, 6) is 1.99. The number of rotatable bonds is 9. The molecule has 7 heteroatoms. The number of ether oxygens (including phenoxy) is 1. The Kier molecular flexibility index (Phi) is 7.52. The van der Waals surface area contributed by atoms with Crippen LogP contribution in [0, 0.1) is 13.8 Å². The summed E-state index contributed by atoms with van der Waals surface area (Å²) in [5.41, 5.74) is 3.30. The van der Waals surface area contributed by atoms with E-state index in [0.29, 0.717) is 17.5 Å². The topological polar surface area (TPSA) is 60.2 Å². The summed E-state index contributed by atoms with van der Waals surface area (Å²) in [5, 5.41) is 9.19. The molecule has 0 aliphatic heterocycles. The van der Waals surface area contributed by atoms with E-state index in [9.17, 15) is 4.79 Å². The molecule has 0 radical (unpaired) electrons. The Morgan fingerprint density at radius 2 is 1.77 bits per heavy atom. The minimum atomic E-state index is 0.101. The van der Waals surface area contributed by atoms with Crippen molar-refractivity contribution >= 4 is 17.7 Å². The Bertz CT molecular complexity index is 968. The van der Waals surface area contributed by atoms with E-state index in [1.54, 1.807) is 7.11 Å². The Morgan fingerprint density at radius 1 is 1.07 bits per heavy atom. The SMILES string of the molecule is CCCN(Cc1ccc(C)cc1)C(=O)CSc1nnc(C)n1-c1ccc(OC)cc1. The molecule has 0 saturated carbocycles. The van der Waals surface area contributed by atoms with Gasteiger partial charge in [0, 0.05) is 18.8 Å². The number of nitrogens with zero attached hydrogens (tertiary/aromatic N) is 4. The predicted octanol–water partition coefficient (Wildman–Crippen LogP) is 4.42. The summed E-state index contributed by atoms with van der Waals surface area (Å²) < 4.78 is 7.19. The largest absolute Gasteiger partial charge is 0.497 e. The summed E-state index contributed by atoms with van der Waals surface area (Å²) >= 11 is 1.41. The van der Waals surface area contributed by atoms with Gasteiger partial charge < -0.3 is 9.64 Å². The predicted molar refractivity (Wildman–Crippen MR) is 120 cm³/mol. The van der Waals surface area contributed by atoms with Gasteiger partial charge in [-0.3, -0.25) is 9.36 Å². The third-order valence-electron chi connectivity index (χ3n) is 4.79. The highest BCUT2D eigenvalue weighted by Gasteiger charge is 2.17. The smallest absolute Gasteiger partial charge is 0.233 e. The molecule has 0 bridgehead atoms. The van der Waals surface area contributed by atoms with Crippen LogP contribution in [0.4, 0.5) is 0 Å². The third-order valence-corrected chi connectivity index (χ3v) is 5.70. The average molecular weight is 425 g/mol. The van der Waals surface area contributed by atoms with Crippen LogP contribution in [0.25, 0.3) is 5.69 Å². The molecule has 6 nitrogen and oxygen atoms in total. The van der Waals surface area contributed by atoms with Crippen LogP contribution in [-0.2, 0) is 11.3 Å². The first kappa shape index (κ1) is 21.9. The molecule has 0 fully saturated rings. The van der Waals surface area contributed by atoms with Crippen molar-refractivity contribution in [3.8, 4) is 11.4 Å². The number of benzene rings is 2. The van der Waals surface area contributed by atoms with Crippen molar-refractivity contribution in [1.82, 2.24) is 19.7 Å². The van der Waals surface area contributed by atoms with Gasteiger partial charge in [0.1, 0.15) is 11.6 Å². The van der Waals surface area contributed by atoms with Crippen molar-refractivity contribution in [2.45, 2.75) is 38.9 Å². The summed E-state index contributed by atoms with van der Waals surface area (Å²) in [7, 11) is 1.64. The highest BCUT2D eigenvalue weighted by atomic mass is 32.2. The molecule has 0 aliphatic rings. The Hall–Kier alpha value is -2.80. The van der Waals surface area contributed by atoms with Crippen LogP contribution >= 0.6 is 11.8 Å².